The molecule has 2 fully saturated rings. The van der Waals surface area contributed by atoms with Gasteiger partial charge in [-0.1, -0.05) is 19.3 Å². The van der Waals surface area contributed by atoms with Crippen LogP contribution in [-0.2, 0) is 4.79 Å². The molecule has 2 heterocycles. The predicted molar refractivity (Wildman–Crippen MR) is 118 cm³/mol. The SMILES string of the molecule is Cc1cc2nc(N3CCC(C(=O)NCC4CCCCC4)CC3)nc(C)c2cc1C. The van der Waals surface area contributed by atoms with Crippen LogP contribution in [0.1, 0.15) is 61.8 Å². The third kappa shape index (κ3) is 4.54. The largest absolute Gasteiger partial charge is 0.356 e. The number of amides is 1. The fourth-order valence-electron chi connectivity index (χ4n) is 4.79. The summed E-state index contributed by atoms with van der Waals surface area (Å²) in [4.78, 5) is 24.5. The highest BCUT2D eigenvalue weighted by atomic mass is 16.1. The molecule has 5 heteroatoms. The highest BCUT2D eigenvalue weighted by molar-refractivity contribution is 5.83. The van der Waals surface area contributed by atoms with Gasteiger partial charge in [-0.25, -0.2) is 9.97 Å². The monoisotopic (exact) mass is 394 g/mol. The van der Waals surface area contributed by atoms with Gasteiger partial charge in [0.1, 0.15) is 0 Å². The zero-order valence-electron chi connectivity index (χ0n) is 18.1. The van der Waals surface area contributed by atoms with Gasteiger partial charge in [0.05, 0.1) is 11.2 Å². The van der Waals surface area contributed by atoms with Crippen LogP contribution in [0.15, 0.2) is 12.1 Å². The quantitative estimate of drug-likeness (QED) is 0.831. The van der Waals surface area contributed by atoms with Crippen LogP contribution in [0.25, 0.3) is 10.9 Å². The molecule has 5 nitrogen and oxygen atoms in total. The van der Waals surface area contributed by atoms with Gasteiger partial charge in [0, 0.05) is 30.9 Å². The summed E-state index contributed by atoms with van der Waals surface area (Å²) in [6, 6.07) is 4.35. The molecule has 0 radical (unpaired) electrons. The van der Waals surface area contributed by atoms with Crippen LogP contribution in [0, 0.1) is 32.6 Å². The Morgan fingerprint density at radius 3 is 2.41 bits per heavy atom. The number of rotatable bonds is 4. The van der Waals surface area contributed by atoms with Crippen molar-refractivity contribution in [1.29, 1.82) is 0 Å². The van der Waals surface area contributed by atoms with E-state index < -0.39 is 0 Å². The maximum atomic E-state index is 12.6. The fraction of sp³-hybridized carbons (Fsp3) is 0.625. The minimum atomic E-state index is 0.126. The molecule has 0 bridgehead atoms. The normalized spacial score (nSPS) is 18.9. The van der Waals surface area contributed by atoms with Crippen LogP contribution >= 0.6 is 0 Å². The van der Waals surface area contributed by atoms with Crippen molar-refractivity contribution in [1.82, 2.24) is 15.3 Å². The van der Waals surface area contributed by atoms with Crippen molar-refractivity contribution in [3.05, 3.63) is 29.0 Å². The first-order chi connectivity index (χ1) is 14.0. The summed E-state index contributed by atoms with van der Waals surface area (Å²) in [5.41, 5.74) is 4.58. The smallest absolute Gasteiger partial charge is 0.226 e. The highest BCUT2D eigenvalue weighted by Crippen LogP contribution is 2.26. The van der Waals surface area contributed by atoms with Crippen LogP contribution in [0.5, 0.6) is 0 Å². The first-order valence-corrected chi connectivity index (χ1v) is 11.3. The van der Waals surface area contributed by atoms with Crippen molar-refractivity contribution in [2.75, 3.05) is 24.5 Å². The Labute approximate surface area is 174 Å². The summed E-state index contributed by atoms with van der Waals surface area (Å²) in [7, 11) is 0. The lowest BCUT2D eigenvalue weighted by Crippen LogP contribution is -2.42. The number of hydrogen-bond donors (Lipinski definition) is 1. The van der Waals surface area contributed by atoms with Crippen LogP contribution in [0.4, 0.5) is 5.95 Å². The molecule has 1 saturated carbocycles. The van der Waals surface area contributed by atoms with Gasteiger partial charge in [-0.15, -0.1) is 0 Å². The van der Waals surface area contributed by atoms with Crippen molar-refractivity contribution < 1.29 is 4.79 Å². The van der Waals surface area contributed by atoms with Crippen LogP contribution in [0.2, 0.25) is 0 Å². The third-order valence-electron chi connectivity index (χ3n) is 6.93. The van der Waals surface area contributed by atoms with E-state index in [1.165, 1.54) is 43.2 Å². The molecule has 156 valence electrons. The van der Waals surface area contributed by atoms with E-state index in [1.54, 1.807) is 0 Å². The third-order valence-corrected chi connectivity index (χ3v) is 6.93. The number of piperidine rings is 1. The molecule has 0 unspecified atom stereocenters. The molecule has 0 spiro atoms. The molecule has 1 N–H and O–H groups in total. The van der Waals surface area contributed by atoms with Gasteiger partial charge < -0.3 is 10.2 Å². The Hall–Kier alpha value is -2.17. The van der Waals surface area contributed by atoms with E-state index >= 15 is 0 Å². The van der Waals surface area contributed by atoms with E-state index in [0.29, 0.717) is 5.92 Å². The summed E-state index contributed by atoms with van der Waals surface area (Å²) in [5, 5.41) is 4.37. The van der Waals surface area contributed by atoms with Crippen molar-refractivity contribution in [3.63, 3.8) is 0 Å². The molecule has 1 aromatic heterocycles. The van der Waals surface area contributed by atoms with E-state index in [2.05, 4.69) is 43.1 Å². The molecule has 2 aliphatic rings. The lowest BCUT2D eigenvalue weighted by atomic mass is 9.89. The average Bonchev–Trinajstić information content (AvgIpc) is 2.74. The molecule has 4 rings (SSSR count). The molecule has 1 aliphatic carbocycles. The predicted octanol–water partition coefficient (Wildman–Crippen LogP) is 4.47. The molecule has 29 heavy (non-hydrogen) atoms. The molecule has 1 aliphatic heterocycles. The number of hydrogen-bond acceptors (Lipinski definition) is 4. The first kappa shape index (κ1) is 20.1. The Kier molecular flexibility index (Phi) is 6.02. The first-order valence-electron chi connectivity index (χ1n) is 11.3. The zero-order valence-corrected chi connectivity index (χ0v) is 18.1. The van der Waals surface area contributed by atoms with Crippen LogP contribution in [-0.4, -0.2) is 35.5 Å². The number of carbonyl (C=O) groups is 1. The summed E-state index contributed by atoms with van der Waals surface area (Å²) < 4.78 is 0. The minimum absolute atomic E-state index is 0.126. The summed E-state index contributed by atoms with van der Waals surface area (Å²) in [6.45, 7) is 8.88. The number of benzene rings is 1. The topological polar surface area (TPSA) is 58.1 Å². The molecule has 2 aromatic rings. The summed E-state index contributed by atoms with van der Waals surface area (Å²) >= 11 is 0. The van der Waals surface area contributed by atoms with Crippen molar-refractivity contribution >= 4 is 22.8 Å². The van der Waals surface area contributed by atoms with E-state index in [9.17, 15) is 4.79 Å². The van der Waals surface area contributed by atoms with Crippen molar-refractivity contribution in [2.24, 2.45) is 11.8 Å². The lowest BCUT2D eigenvalue weighted by Gasteiger charge is -2.32. The fourth-order valence-corrected chi connectivity index (χ4v) is 4.79. The Morgan fingerprint density at radius 1 is 1.00 bits per heavy atom. The number of nitrogens with zero attached hydrogens (tertiary/aromatic N) is 3. The Bertz CT molecular complexity index is 880. The lowest BCUT2D eigenvalue weighted by molar-refractivity contribution is -0.125. The average molecular weight is 395 g/mol. The van der Waals surface area contributed by atoms with E-state index in [1.807, 2.05) is 0 Å². The minimum Gasteiger partial charge on any atom is -0.356 e. The molecule has 1 saturated heterocycles. The van der Waals surface area contributed by atoms with E-state index in [4.69, 9.17) is 9.97 Å². The number of anilines is 1. The maximum absolute atomic E-state index is 12.6. The van der Waals surface area contributed by atoms with Gasteiger partial charge in [0.15, 0.2) is 0 Å². The van der Waals surface area contributed by atoms with Gasteiger partial charge in [0.25, 0.3) is 0 Å². The number of aryl methyl sites for hydroxylation is 3. The van der Waals surface area contributed by atoms with Gasteiger partial charge in [0.2, 0.25) is 11.9 Å². The standard InChI is InChI=1S/C24H34N4O/c1-16-13-21-18(3)26-24(27-22(21)14-17(16)2)28-11-9-20(10-12-28)23(29)25-15-19-7-5-4-6-8-19/h13-14,19-20H,4-12,15H2,1-3H3,(H,25,29). The number of fused-ring (bicyclic) bond motifs is 1. The number of carbonyl (C=O) groups excluding carboxylic acids is 1. The van der Waals surface area contributed by atoms with Crippen LogP contribution in [0.3, 0.4) is 0 Å². The summed E-state index contributed by atoms with van der Waals surface area (Å²) in [5.74, 6) is 1.87. The molecule has 1 amide bonds. The van der Waals surface area contributed by atoms with Crippen molar-refractivity contribution in [2.45, 2.75) is 65.7 Å². The maximum Gasteiger partial charge on any atom is 0.226 e. The summed E-state index contributed by atoms with van der Waals surface area (Å²) in [6.07, 6.45) is 8.31. The van der Waals surface area contributed by atoms with Gasteiger partial charge in [-0.05, 0) is 75.6 Å². The second-order valence-corrected chi connectivity index (χ2v) is 9.07. The van der Waals surface area contributed by atoms with Crippen LogP contribution < -0.4 is 10.2 Å². The second kappa shape index (κ2) is 8.68. The van der Waals surface area contributed by atoms with Gasteiger partial charge in [-0.2, -0.15) is 0 Å². The molecule has 0 atom stereocenters. The van der Waals surface area contributed by atoms with E-state index in [0.717, 1.165) is 55.0 Å². The second-order valence-electron chi connectivity index (χ2n) is 9.07. The van der Waals surface area contributed by atoms with E-state index in [-0.39, 0.29) is 11.8 Å². The molecular formula is C24H34N4O. The Balaban J connectivity index is 1.36. The zero-order chi connectivity index (χ0) is 20.4. The van der Waals surface area contributed by atoms with Crippen molar-refractivity contribution in [3.8, 4) is 0 Å². The highest BCUT2D eigenvalue weighted by Gasteiger charge is 2.27. The number of nitrogens with one attached hydrogen (secondary N) is 1. The van der Waals surface area contributed by atoms with Gasteiger partial charge in [-0.3, -0.25) is 4.79 Å². The number of aromatic nitrogens is 2. The molecule has 1 aromatic carbocycles. The van der Waals surface area contributed by atoms with Gasteiger partial charge >= 0.3 is 0 Å². The Morgan fingerprint density at radius 2 is 1.69 bits per heavy atom. The molecular weight excluding hydrogens is 360 g/mol.